The van der Waals surface area contributed by atoms with E-state index >= 15 is 0 Å². The summed E-state index contributed by atoms with van der Waals surface area (Å²) in [6, 6.07) is 10.3. The van der Waals surface area contributed by atoms with Crippen LogP contribution in [-0.2, 0) is 0 Å². The van der Waals surface area contributed by atoms with Crippen molar-refractivity contribution in [2.75, 3.05) is 0 Å². The molecule has 1 unspecified atom stereocenters. The Kier molecular flexibility index (Phi) is 2.60. The van der Waals surface area contributed by atoms with Gasteiger partial charge in [0.1, 0.15) is 0 Å². The Labute approximate surface area is 90.5 Å². The van der Waals surface area contributed by atoms with Gasteiger partial charge in [-0.25, -0.2) is 0 Å². The van der Waals surface area contributed by atoms with Gasteiger partial charge in [0.25, 0.3) is 0 Å². The van der Waals surface area contributed by atoms with E-state index in [1.807, 2.05) is 18.2 Å². The van der Waals surface area contributed by atoms with Crippen LogP contribution in [0.25, 0.3) is 5.70 Å². The van der Waals surface area contributed by atoms with Gasteiger partial charge >= 0.3 is 0 Å². The SMILES string of the molecule is C=C1NC(c2ccccc2)=C(C)CC1N. The molecule has 15 heavy (non-hydrogen) atoms. The highest BCUT2D eigenvalue weighted by molar-refractivity contribution is 5.69. The molecule has 0 aliphatic carbocycles. The van der Waals surface area contributed by atoms with E-state index < -0.39 is 0 Å². The van der Waals surface area contributed by atoms with E-state index in [1.54, 1.807) is 0 Å². The number of rotatable bonds is 1. The summed E-state index contributed by atoms with van der Waals surface area (Å²) in [6.07, 6.45) is 0.885. The number of benzene rings is 1. The third-order valence-electron chi connectivity index (χ3n) is 2.75. The average molecular weight is 200 g/mol. The predicted molar refractivity (Wildman–Crippen MR) is 63.9 cm³/mol. The second-order valence-electron chi connectivity index (χ2n) is 3.98. The molecule has 3 N–H and O–H groups in total. The quantitative estimate of drug-likeness (QED) is 0.729. The molecule has 78 valence electrons. The molecule has 2 nitrogen and oxygen atoms in total. The molecule has 1 aliphatic rings. The van der Waals surface area contributed by atoms with E-state index in [0.29, 0.717) is 0 Å². The van der Waals surface area contributed by atoms with Crippen LogP contribution >= 0.6 is 0 Å². The Bertz CT molecular complexity index is 404. The van der Waals surface area contributed by atoms with E-state index in [1.165, 1.54) is 11.1 Å². The second kappa shape index (κ2) is 3.91. The van der Waals surface area contributed by atoms with Crippen molar-refractivity contribution in [3.05, 3.63) is 53.7 Å². The molecule has 0 amide bonds. The second-order valence-corrected chi connectivity index (χ2v) is 3.98. The van der Waals surface area contributed by atoms with Crippen molar-refractivity contribution in [2.45, 2.75) is 19.4 Å². The Morgan fingerprint density at radius 2 is 2.00 bits per heavy atom. The smallest absolute Gasteiger partial charge is 0.0480 e. The molecule has 0 aromatic heterocycles. The van der Waals surface area contributed by atoms with Crippen molar-refractivity contribution in [3.8, 4) is 0 Å². The van der Waals surface area contributed by atoms with E-state index in [0.717, 1.165) is 17.8 Å². The third kappa shape index (κ3) is 1.95. The maximum atomic E-state index is 5.91. The molecule has 2 rings (SSSR count). The van der Waals surface area contributed by atoms with E-state index in [2.05, 4.69) is 31.0 Å². The fourth-order valence-corrected chi connectivity index (χ4v) is 1.84. The summed E-state index contributed by atoms with van der Waals surface area (Å²) >= 11 is 0. The summed E-state index contributed by atoms with van der Waals surface area (Å²) in [4.78, 5) is 0. The number of nitrogens with two attached hydrogens (primary N) is 1. The predicted octanol–water partition coefficient (Wildman–Crippen LogP) is 2.25. The molecule has 0 saturated carbocycles. The van der Waals surface area contributed by atoms with Gasteiger partial charge in [0.05, 0.1) is 0 Å². The van der Waals surface area contributed by atoms with Crippen LogP contribution in [0.3, 0.4) is 0 Å². The molecule has 0 saturated heterocycles. The molecular weight excluding hydrogens is 184 g/mol. The maximum Gasteiger partial charge on any atom is 0.0480 e. The van der Waals surface area contributed by atoms with Gasteiger partial charge in [-0.05, 0) is 24.5 Å². The van der Waals surface area contributed by atoms with Crippen LogP contribution in [0.4, 0.5) is 0 Å². The maximum absolute atomic E-state index is 5.91. The monoisotopic (exact) mass is 200 g/mol. The first kappa shape index (κ1) is 9.99. The van der Waals surface area contributed by atoms with Crippen LogP contribution in [-0.4, -0.2) is 6.04 Å². The first-order chi connectivity index (χ1) is 7.18. The minimum Gasteiger partial charge on any atom is -0.358 e. The van der Waals surface area contributed by atoms with Crippen molar-refractivity contribution in [2.24, 2.45) is 5.73 Å². The zero-order chi connectivity index (χ0) is 10.8. The largest absolute Gasteiger partial charge is 0.358 e. The van der Waals surface area contributed by atoms with Gasteiger partial charge in [0.2, 0.25) is 0 Å². The Morgan fingerprint density at radius 3 is 2.67 bits per heavy atom. The van der Waals surface area contributed by atoms with Crippen LogP contribution < -0.4 is 11.1 Å². The molecule has 1 aliphatic heterocycles. The lowest BCUT2D eigenvalue weighted by molar-refractivity contribution is 0.693. The van der Waals surface area contributed by atoms with Gasteiger partial charge in [0.15, 0.2) is 0 Å². The van der Waals surface area contributed by atoms with Gasteiger partial charge in [-0.1, -0.05) is 36.9 Å². The third-order valence-corrected chi connectivity index (χ3v) is 2.75. The fourth-order valence-electron chi connectivity index (χ4n) is 1.84. The summed E-state index contributed by atoms with van der Waals surface area (Å²) < 4.78 is 0. The highest BCUT2D eigenvalue weighted by atomic mass is 15.0. The Balaban J connectivity index is 2.37. The average Bonchev–Trinajstić information content (AvgIpc) is 2.25. The lowest BCUT2D eigenvalue weighted by Gasteiger charge is -2.27. The zero-order valence-electron chi connectivity index (χ0n) is 8.96. The number of hydrogen-bond acceptors (Lipinski definition) is 2. The number of hydrogen-bond donors (Lipinski definition) is 2. The van der Waals surface area contributed by atoms with E-state index in [4.69, 9.17) is 5.73 Å². The van der Waals surface area contributed by atoms with Crippen LogP contribution in [0.15, 0.2) is 48.2 Å². The van der Waals surface area contributed by atoms with Crippen molar-refractivity contribution in [1.82, 2.24) is 5.32 Å². The summed E-state index contributed by atoms with van der Waals surface area (Å²) in [7, 11) is 0. The molecule has 1 atom stereocenters. The standard InChI is InChI=1S/C13H16N2/c1-9-8-12(14)10(2)15-13(9)11-6-4-3-5-7-11/h3-7,12,15H,2,8,14H2,1H3. The summed E-state index contributed by atoms with van der Waals surface area (Å²) in [5, 5.41) is 3.29. The van der Waals surface area contributed by atoms with Crippen molar-refractivity contribution in [1.29, 1.82) is 0 Å². The van der Waals surface area contributed by atoms with Crippen molar-refractivity contribution in [3.63, 3.8) is 0 Å². The van der Waals surface area contributed by atoms with E-state index in [-0.39, 0.29) is 6.04 Å². The highest BCUT2D eigenvalue weighted by Crippen LogP contribution is 2.25. The first-order valence-corrected chi connectivity index (χ1v) is 5.15. The molecule has 1 aromatic carbocycles. The van der Waals surface area contributed by atoms with Gasteiger partial charge < -0.3 is 11.1 Å². The number of nitrogens with one attached hydrogen (secondary N) is 1. The van der Waals surface area contributed by atoms with E-state index in [9.17, 15) is 0 Å². The molecule has 0 radical (unpaired) electrons. The summed E-state index contributed by atoms with van der Waals surface area (Å²) in [5.41, 5.74) is 10.5. The minimum atomic E-state index is 0.0393. The molecule has 2 heteroatoms. The van der Waals surface area contributed by atoms with Crippen molar-refractivity contribution >= 4 is 5.70 Å². The molecule has 0 fully saturated rings. The zero-order valence-corrected chi connectivity index (χ0v) is 8.96. The van der Waals surface area contributed by atoms with Gasteiger partial charge in [-0.3, -0.25) is 0 Å². The van der Waals surface area contributed by atoms with Gasteiger partial charge in [0, 0.05) is 17.4 Å². The Hall–Kier alpha value is -1.54. The Morgan fingerprint density at radius 1 is 1.33 bits per heavy atom. The van der Waals surface area contributed by atoms with Crippen LogP contribution in [0.1, 0.15) is 18.9 Å². The van der Waals surface area contributed by atoms with Gasteiger partial charge in [-0.2, -0.15) is 0 Å². The normalized spacial score (nSPS) is 21.5. The summed E-state index contributed by atoms with van der Waals surface area (Å²) in [6.45, 7) is 6.05. The molecule has 0 spiro atoms. The lowest BCUT2D eigenvalue weighted by Crippen LogP contribution is -2.34. The van der Waals surface area contributed by atoms with Crippen molar-refractivity contribution < 1.29 is 0 Å². The molecule has 1 aromatic rings. The fraction of sp³-hybridized carbons (Fsp3) is 0.231. The van der Waals surface area contributed by atoms with Crippen LogP contribution in [0.2, 0.25) is 0 Å². The molecule has 1 heterocycles. The molecule has 0 bridgehead atoms. The lowest BCUT2D eigenvalue weighted by atomic mass is 9.96. The van der Waals surface area contributed by atoms with Gasteiger partial charge in [-0.15, -0.1) is 0 Å². The van der Waals surface area contributed by atoms with Crippen LogP contribution in [0, 0.1) is 0 Å². The summed E-state index contributed by atoms with van der Waals surface area (Å²) in [5.74, 6) is 0. The topological polar surface area (TPSA) is 38.0 Å². The highest BCUT2D eigenvalue weighted by Gasteiger charge is 2.18. The first-order valence-electron chi connectivity index (χ1n) is 5.15. The minimum absolute atomic E-state index is 0.0393. The van der Waals surface area contributed by atoms with Crippen LogP contribution in [0.5, 0.6) is 0 Å². The molecular formula is C13H16N2.